The normalized spacial score (nSPS) is 29.6. The molecule has 0 bridgehead atoms. The fraction of sp³-hybridized carbons (Fsp3) is 0.500. The number of aliphatic hydroxyl groups excluding tert-OH is 1. The summed E-state index contributed by atoms with van der Waals surface area (Å²) in [6, 6.07) is 8.24. The fourth-order valence-corrected chi connectivity index (χ4v) is 6.48. The largest absolute Gasteiger partial charge is 0.493 e. The number of halogens is 1. The zero-order valence-corrected chi connectivity index (χ0v) is 17.6. The third-order valence-corrected chi connectivity index (χ3v) is 7.87. The Morgan fingerprint density at radius 1 is 1.23 bits per heavy atom. The first kappa shape index (κ1) is 19.7. The van der Waals surface area contributed by atoms with Gasteiger partial charge in [-0.1, -0.05) is 19.1 Å². The highest BCUT2D eigenvalue weighted by molar-refractivity contribution is 5.72. The molecule has 0 aliphatic heterocycles. The molecular weight excluding hydrogens is 377 g/mol. The standard InChI is InChI=1S/C26H30FNO2/c1-26-10-9-22-21-6-4-20(30-12-2-11-29)14-17(21)3-5-23(22)25(26)8-7-24(26)18-13-19(27)16-28-15-18/h4,6-7,13-16,22-23,25,29H,2-3,5,8-12H2,1H3/t22?,23?,25?,26-/m1/s1. The highest BCUT2D eigenvalue weighted by Gasteiger charge is 2.51. The van der Waals surface area contributed by atoms with Gasteiger partial charge >= 0.3 is 0 Å². The van der Waals surface area contributed by atoms with Crippen LogP contribution in [-0.4, -0.2) is 23.3 Å². The molecule has 0 saturated heterocycles. The Kier molecular flexibility index (Phi) is 5.14. The van der Waals surface area contributed by atoms with Crippen molar-refractivity contribution in [2.45, 2.75) is 51.4 Å². The van der Waals surface area contributed by atoms with Gasteiger partial charge in [0.15, 0.2) is 0 Å². The molecule has 158 valence electrons. The molecule has 3 aliphatic rings. The van der Waals surface area contributed by atoms with Crippen LogP contribution < -0.4 is 4.74 Å². The molecule has 0 amide bonds. The Morgan fingerprint density at radius 3 is 2.97 bits per heavy atom. The lowest BCUT2D eigenvalue weighted by Gasteiger charge is -2.50. The van der Waals surface area contributed by atoms with E-state index in [1.54, 1.807) is 6.07 Å². The summed E-state index contributed by atoms with van der Waals surface area (Å²) >= 11 is 0. The smallest absolute Gasteiger partial charge is 0.142 e. The van der Waals surface area contributed by atoms with Crippen molar-refractivity contribution < 1.29 is 14.2 Å². The molecular formula is C26H30FNO2. The van der Waals surface area contributed by atoms with Gasteiger partial charge in [-0.05, 0) is 95.7 Å². The van der Waals surface area contributed by atoms with Gasteiger partial charge < -0.3 is 9.84 Å². The summed E-state index contributed by atoms with van der Waals surface area (Å²) in [5, 5.41) is 8.96. The van der Waals surface area contributed by atoms with Crippen LogP contribution in [0.4, 0.5) is 4.39 Å². The first-order chi connectivity index (χ1) is 14.6. The van der Waals surface area contributed by atoms with E-state index in [-0.39, 0.29) is 17.8 Å². The molecule has 1 saturated carbocycles. The minimum atomic E-state index is -0.252. The zero-order valence-electron chi connectivity index (χ0n) is 17.6. The molecule has 1 heterocycles. The molecule has 5 rings (SSSR count). The third kappa shape index (κ3) is 3.26. The van der Waals surface area contributed by atoms with Gasteiger partial charge in [0.2, 0.25) is 0 Å². The second kappa shape index (κ2) is 7.81. The second-order valence-corrected chi connectivity index (χ2v) is 9.40. The number of benzene rings is 1. The molecule has 1 N–H and O–H groups in total. The maximum atomic E-state index is 13.8. The molecule has 3 nitrogen and oxygen atoms in total. The van der Waals surface area contributed by atoms with Crippen molar-refractivity contribution in [1.82, 2.24) is 4.98 Å². The number of aliphatic hydroxyl groups is 1. The Bertz CT molecular complexity index is 971. The van der Waals surface area contributed by atoms with E-state index in [0.717, 1.165) is 30.6 Å². The number of rotatable bonds is 5. The SMILES string of the molecule is C[C@]12CCC3c4ccc(OCCCO)cc4CCC3C1CC=C2c1cncc(F)c1. The number of hydrogen-bond donors (Lipinski definition) is 1. The fourth-order valence-electron chi connectivity index (χ4n) is 6.48. The molecule has 1 aromatic heterocycles. The van der Waals surface area contributed by atoms with E-state index >= 15 is 0 Å². The van der Waals surface area contributed by atoms with Crippen molar-refractivity contribution in [1.29, 1.82) is 0 Å². The maximum Gasteiger partial charge on any atom is 0.142 e. The molecule has 0 spiro atoms. The Balaban J connectivity index is 1.38. The number of pyridine rings is 1. The molecule has 3 aliphatic carbocycles. The molecule has 1 aromatic carbocycles. The minimum Gasteiger partial charge on any atom is -0.493 e. The molecule has 0 radical (unpaired) electrons. The molecule has 4 atom stereocenters. The van der Waals surface area contributed by atoms with Gasteiger partial charge in [0.25, 0.3) is 0 Å². The van der Waals surface area contributed by atoms with Gasteiger partial charge in [0, 0.05) is 19.2 Å². The third-order valence-electron chi connectivity index (χ3n) is 7.87. The average Bonchev–Trinajstić information content (AvgIpc) is 3.11. The number of ether oxygens (including phenoxy) is 1. The maximum absolute atomic E-state index is 13.8. The first-order valence-corrected chi connectivity index (χ1v) is 11.3. The second-order valence-electron chi connectivity index (χ2n) is 9.40. The van der Waals surface area contributed by atoms with Gasteiger partial charge in [-0.15, -0.1) is 0 Å². The van der Waals surface area contributed by atoms with Gasteiger partial charge in [-0.3, -0.25) is 4.98 Å². The zero-order chi connectivity index (χ0) is 20.7. The monoisotopic (exact) mass is 407 g/mol. The van der Waals surface area contributed by atoms with Crippen LogP contribution in [0.3, 0.4) is 0 Å². The van der Waals surface area contributed by atoms with Crippen molar-refractivity contribution in [3.63, 3.8) is 0 Å². The van der Waals surface area contributed by atoms with Crippen LogP contribution in [0.5, 0.6) is 5.75 Å². The van der Waals surface area contributed by atoms with E-state index in [1.807, 2.05) is 6.20 Å². The number of hydrogen-bond acceptors (Lipinski definition) is 3. The quantitative estimate of drug-likeness (QED) is 0.663. The van der Waals surface area contributed by atoms with Gasteiger partial charge in [-0.25, -0.2) is 4.39 Å². The summed E-state index contributed by atoms with van der Waals surface area (Å²) in [5.41, 5.74) is 5.31. The van der Waals surface area contributed by atoms with Crippen LogP contribution in [0.1, 0.15) is 61.6 Å². The lowest BCUT2D eigenvalue weighted by Crippen LogP contribution is -2.40. The van der Waals surface area contributed by atoms with Gasteiger partial charge in [-0.2, -0.15) is 0 Å². The van der Waals surface area contributed by atoms with Gasteiger partial charge in [0.05, 0.1) is 12.8 Å². The summed E-state index contributed by atoms with van der Waals surface area (Å²) in [5.74, 6) is 2.56. The number of aromatic nitrogens is 1. The Labute approximate surface area is 178 Å². The van der Waals surface area contributed by atoms with Crippen molar-refractivity contribution in [3.05, 3.63) is 65.2 Å². The van der Waals surface area contributed by atoms with Crippen LogP contribution >= 0.6 is 0 Å². The Morgan fingerprint density at radius 2 is 2.13 bits per heavy atom. The number of allylic oxidation sites excluding steroid dienone is 2. The number of nitrogens with zero attached hydrogens (tertiary/aromatic N) is 1. The topological polar surface area (TPSA) is 42.4 Å². The average molecular weight is 408 g/mol. The summed E-state index contributed by atoms with van der Waals surface area (Å²) in [7, 11) is 0. The molecule has 1 fully saturated rings. The van der Waals surface area contributed by atoms with E-state index in [1.165, 1.54) is 35.7 Å². The van der Waals surface area contributed by atoms with Crippen molar-refractivity contribution in [3.8, 4) is 5.75 Å². The molecule has 3 unspecified atom stereocenters. The van der Waals surface area contributed by atoms with Crippen molar-refractivity contribution in [2.75, 3.05) is 13.2 Å². The van der Waals surface area contributed by atoms with Crippen LogP contribution in [0, 0.1) is 23.1 Å². The highest BCUT2D eigenvalue weighted by atomic mass is 19.1. The predicted molar refractivity (Wildman–Crippen MR) is 116 cm³/mol. The van der Waals surface area contributed by atoms with E-state index < -0.39 is 0 Å². The lowest BCUT2D eigenvalue weighted by molar-refractivity contribution is 0.0884. The first-order valence-electron chi connectivity index (χ1n) is 11.3. The van der Waals surface area contributed by atoms with Crippen LogP contribution in [0.15, 0.2) is 42.7 Å². The van der Waals surface area contributed by atoms with E-state index in [2.05, 4.69) is 36.2 Å². The number of fused-ring (bicyclic) bond motifs is 5. The highest BCUT2D eigenvalue weighted by Crippen LogP contribution is 2.63. The summed E-state index contributed by atoms with van der Waals surface area (Å²) in [6.07, 6.45) is 11.8. The molecule has 30 heavy (non-hydrogen) atoms. The number of aryl methyl sites for hydroxylation is 1. The summed E-state index contributed by atoms with van der Waals surface area (Å²) in [6.45, 7) is 3.12. The van der Waals surface area contributed by atoms with Crippen molar-refractivity contribution >= 4 is 5.57 Å². The van der Waals surface area contributed by atoms with Gasteiger partial charge in [0.1, 0.15) is 11.6 Å². The van der Waals surface area contributed by atoms with Crippen LogP contribution in [0.25, 0.3) is 5.57 Å². The van der Waals surface area contributed by atoms with E-state index in [4.69, 9.17) is 9.84 Å². The molecule has 4 heteroatoms. The lowest BCUT2D eigenvalue weighted by atomic mass is 9.54. The van der Waals surface area contributed by atoms with Crippen LogP contribution in [0.2, 0.25) is 0 Å². The summed E-state index contributed by atoms with van der Waals surface area (Å²) in [4.78, 5) is 4.10. The summed E-state index contributed by atoms with van der Waals surface area (Å²) < 4.78 is 19.6. The van der Waals surface area contributed by atoms with E-state index in [9.17, 15) is 4.39 Å². The van der Waals surface area contributed by atoms with Crippen LogP contribution in [-0.2, 0) is 6.42 Å². The molecule has 2 aromatic rings. The predicted octanol–water partition coefficient (Wildman–Crippen LogP) is 5.53. The Hall–Kier alpha value is -2.20. The minimum absolute atomic E-state index is 0.113. The van der Waals surface area contributed by atoms with Crippen molar-refractivity contribution in [2.24, 2.45) is 17.3 Å². The van der Waals surface area contributed by atoms with E-state index in [0.29, 0.717) is 30.8 Å².